The molecule has 1 aromatic heterocycles. The number of hydrogen-bond acceptors (Lipinski definition) is 7. The van der Waals surface area contributed by atoms with E-state index in [9.17, 15) is 9.59 Å². The molecular weight excluding hydrogens is 476 g/mol. The number of ether oxygens (including phenoxy) is 2. The molecule has 0 aliphatic heterocycles. The molecule has 0 aliphatic rings. The third kappa shape index (κ3) is 6.87. The number of methoxy groups -OCH3 is 1. The van der Waals surface area contributed by atoms with E-state index in [-0.39, 0.29) is 23.0 Å². The number of thioether (sulfide) groups is 1. The van der Waals surface area contributed by atoms with E-state index in [2.05, 4.69) is 29.4 Å². The summed E-state index contributed by atoms with van der Waals surface area (Å²) >= 11 is 1.38. The van der Waals surface area contributed by atoms with Crippen molar-refractivity contribution in [1.29, 1.82) is 0 Å². The first-order chi connectivity index (χ1) is 17.2. The zero-order chi connectivity index (χ0) is 26.2. The summed E-state index contributed by atoms with van der Waals surface area (Å²) in [6, 6.07) is 14.4. The number of aromatic nitrogens is 3. The van der Waals surface area contributed by atoms with Gasteiger partial charge in [0, 0.05) is 17.8 Å². The zero-order valence-electron chi connectivity index (χ0n) is 21.6. The van der Waals surface area contributed by atoms with Crippen molar-refractivity contribution < 1.29 is 19.1 Å². The Labute approximate surface area is 216 Å². The Morgan fingerprint density at radius 1 is 1.06 bits per heavy atom. The molecule has 36 heavy (non-hydrogen) atoms. The number of benzene rings is 2. The highest BCUT2D eigenvalue weighted by atomic mass is 32.2. The van der Waals surface area contributed by atoms with E-state index in [4.69, 9.17) is 9.47 Å². The molecule has 1 N–H and O–H groups in total. The molecule has 3 aromatic rings. The Kier molecular flexibility index (Phi) is 9.52. The number of carbonyl (C=O) groups excluding carboxylic acids is 2. The van der Waals surface area contributed by atoms with Crippen LogP contribution in [-0.2, 0) is 11.3 Å². The number of nitrogens with one attached hydrogen (secondary N) is 1. The molecule has 2 unspecified atom stereocenters. The number of rotatable bonds is 12. The van der Waals surface area contributed by atoms with Crippen molar-refractivity contribution in [2.75, 3.05) is 12.4 Å². The van der Waals surface area contributed by atoms with Gasteiger partial charge in [0.05, 0.1) is 12.4 Å². The molecule has 3 rings (SSSR count). The van der Waals surface area contributed by atoms with Crippen LogP contribution in [0.25, 0.3) is 0 Å². The molecule has 0 spiro atoms. The van der Waals surface area contributed by atoms with Gasteiger partial charge in [-0.2, -0.15) is 0 Å². The Morgan fingerprint density at radius 2 is 1.78 bits per heavy atom. The average molecular weight is 511 g/mol. The third-order valence-electron chi connectivity index (χ3n) is 5.48. The van der Waals surface area contributed by atoms with Crippen LogP contribution in [0.15, 0.2) is 53.7 Å². The molecule has 9 heteroatoms. The highest BCUT2D eigenvalue weighted by Crippen LogP contribution is 2.33. The molecule has 0 aliphatic carbocycles. The van der Waals surface area contributed by atoms with Crippen LogP contribution in [0.4, 0.5) is 5.69 Å². The quantitative estimate of drug-likeness (QED) is 0.243. The minimum absolute atomic E-state index is 0.0497. The fraction of sp³-hybridized carbons (Fsp3) is 0.407. The molecule has 8 nitrogen and oxygen atoms in total. The largest absolute Gasteiger partial charge is 0.493 e. The molecule has 2 atom stereocenters. The van der Waals surface area contributed by atoms with Crippen LogP contribution in [-0.4, -0.2) is 38.8 Å². The van der Waals surface area contributed by atoms with Crippen LogP contribution in [0.2, 0.25) is 0 Å². The number of ketones is 1. The molecule has 0 saturated heterocycles. The summed E-state index contributed by atoms with van der Waals surface area (Å²) in [6.45, 7) is 10.3. The fourth-order valence-electron chi connectivity index (χ4n) is 3.67. The van der Waals surface area contributed by atoms with E-state index in [1.807, 2.05) is 42.7 Å². The summed E-state index contributed by atoms with van der Waals surface area (Å²) in [5.41, 5.74) is 1.15. The average Bonchev–Trinajstić information content (AvgIpc) is 3.24. The number of anilines is 1. The maximum atomic E-state index is 13.1. The van der Waals surface area contributed by atoms with Gasteiger partial charge < -0.3 is 19.4 Å². The summed E-state index contributed by atoms with van der Waals surface area (Å²) in [5.74, 6) is 2.08. The van der Waals surface area contributed by atoms with Crippen molar-refractivity contribution in [1.82, 2.24) is 14.8 Å². The van der Waals surface area contributed by atoms with E-state index in [0.717, 1.165) is 0 Å². The van der Waals surface area contributed by atoms with Crippen LogP contribution < -0.4 is 14.8 Å². The SMILES string of the molecule is CCC(Sc1nnc(C(C)Oc2ccccc2OC)n1CC(C)C)C(=O)Nc1cccc(C(C)=O)c1. The van der Waals surface area contributed by atoms with Gasteiger partial charge in [0.1, 0.15) is 0 Å². The summed E-state index contributed by atoms with van der Waals surface area (Å²) in [6.07, 6.45) is 0.213. The molecular formula is C27H34N4O4S. The van der Waals surface area contributed by atoms with E-state index >= 15 is 0 Å². The van der Waals surface area contributed by atoms with Crippen LogP contribution >= 0.6 is 11.8 Å². The maximum absolute atomic E-state index is 13.1. The van der Waals surface area contributed by atoms with Crippen molar-refractivity contribution in [3.05, 3.63) is 59.9 Å². The summed E-state index contributed by atoms with van der Waals surface area (Å²) in [4.78, 5) is 24.8. The monoisotopic (exact) mass is 510 g/mol. The number of Topliss-reactive ketones (excluding diaryl/α,β-unsaturated/α-hetero) is 1. The number of para-hydroxylation sites is 2. The van der Waals surface area contributed by atoms with Gasteiger partial charge in [-0.15, -0.1) is 10.2 Å². The van der Waals surface area contributed by atoms with Crippen LogP contribution in [0.5, 0.6) is 11.5 Å². The summed E-state index contributed by atoms with van der Waals surface area (Å²) in [7, 11) is 1.61. The lowest BCUT2D eigenvalue weighted by Crippen LogP contribution is -2.25. The van der Waals surface area contributed by atoms with E-state index < -0.39 is 0 Å². The van der Waals surface area contributed by atoms with Crippen molar-refractivity contribution in [3.8, 4) is 11.5 Å². The van der Waals surface area contributed by atoms with Gasteiger partial charge in [-0.05, 0) is 50.5 Å². The lowest BCUT2D eigenvalue weighted by molar-refractivity contribution is -0.115. The minimum atomic E-state index is -0.389. The molecule has 1 heterocycles. The van der Waals surface area contributed by atoms with E-state index in [1.165, 1.54) is 18.7 Å². The predicted molar refractivity (Wildman–Crippen MR) is 142 cm³/mol. The van der Waals surface area contributed by atoms with Gasteiger partial charge in [0.2, 0.25) is 5.91 Å². The summed E-state index contributed by atoms with van der Waals surface area (Å²) in [5, 5.41) is 12.1. The van der Waals surface area contributed by atoms with Crippen molar-refractivity contribution in [2.45, 2.75) is 64.1 Å². The van der Waals surface area contributed by atoms with Crippen LogP contribution in [0.1, 0.15) is 63.3 Å². The Balaban J connectivity index is 1.81. The Morgan fingerprint density at radius 3 is 2.42 bits per heavy atom. The number of nitrogens with zero attached hydrogens (tertiary/aromatic N) is 3. The van der Waals surface area contributed by atoms with Crippen molar-refractivity contribution in [2.24, 2.45) is 5.92 Å². The standard InChI is InChI=1S/C27H34N4O4S/c1-7-24(26(33)28-21-12-10-11-20(15-21)18(4)32)36-27-30-29-25(31(27)16-17(2)3)19(5)35-23-14-9-8-13-22(23)34-6/h8-15,17,19,24H,7,16H2,1-6H3,(H,28,33). The van der Waals surface area contributed by atoms with Gasteiger partial charge in [-0.25, -0.2) is 0 Å². The minimum Gasteiger partial charge on any atom is -0.493 e. The second-order valence-corrected chi connectivity index (χ2v) is 10.1. The molecule has 0 bridgehead atoms. The Hall–Kier alpha value is -3.33. The third-order valence-corrected chi connectivity index (χ3v) is 6.82. The maximum Gasteiger partial charge on any atom is 0.237 e. The normalized spacial score (nSPS) is 12.8. The number of amides is 1. The van der Waals surface area contributed by atoms with Gasteiger partial charge in [0.15, 0.2) is 34.4 Å². The molecule has 192 valence electrons. The second-order valence-electron chi connectivity index (χ2n) is 8.90. The van der Waals surface area contributed by atoms with E-state index in [1.54, 1.807) is 31.4 Å². The predicted octanol–water partition coefficient (Wildman–Crippen LogP) is 5.79. The Bertz CT molecular complexity index is 1190. The summed E-state index contributed by atoms with van der Waals surface area (Å²) < 4.78 is 13.6. The van der Waals surface area contributed by atoms with Gasteiger partial charge in [0.25, 0.3) is 0 Å². The first kappa shape index (κ1) is 27.3. The molecule has 0 saturated carbocycles. The van der Waals surface area contributed by atoms with Crippen molar-refractivity contribution in [3.63, 3.8) is 0 Å². The first-order valence-electron chi connectivity index (χ1n) is 12.0. The molecule has 2 aromatic carbocycles. The lowest BCUT2D eigenvalue weighted by Gasteiger charge is -2.20. The van der Waals surface area contributed by atoms with Crippen LogP contribution in [0.3, 0.4) is 0 Å². The molecule has 0 fully saturated rings. The highest BCUT2D eigenvalue weighted by Gasteiger charge is 2.26. The highest BCUT2D eigenvalue weighted by molar-refractivity contribution is 8.00. The first-order valence-corrected chi connectivity index (χ1v) is 12.9. The number of carbonyl (C=O) groups is 2. The topological polar surface area (TPSA) is 95.3 Å². The van der Waals surface area contributed by atoms with Gasteiger partial charge in [-0.3, -0.25) is 9.59 Å². The van der Waals surface area contributed by atoms with E-state index in [0.29, 0.717) is 52.6 Å². The van der Waals surface area contributed by atoms with Gasteiger partial charge in [-0.1, -0.05) is 56.8 Å². The fourth-order valence-corrected chi connectivity index (χ4v) is 4.64. The number of hydrogen-bond donors (Lipinski definition) is 1. The molecule has 1 amide bonds. The van der Waals surface area contributed by atoms with Crippen molar-refractivity contribution >= 4 is 29.1 Å². The van der Waals surface area contributed by atoms with Gasteiger partial charge >= 0.3 is 0 Å². The molecule has 0 radical (unpaired) electrons. The zero-order valence-corrected chi connectivity index (χ0v) is 22.5. The lowest BCUT2D eigenvalue weighted by atomic mass is 10.1. The second kappa shape index (κ2) is 12.6. The van der Waals surface area contributed by atoms with Crippen LogP contribution in [0, 0.1) is 5.92 Å². The smallest absolute Gasteiger partial charge is 0.237 e.